The first-order valence-electron chi connectivity index (χ1n) is 15.6. The van der Waals surface area contributed by atoms with Crippen LogP contribution in [0.25, 0.3) is 22.0 Å². The van der Waals surface area contributed by atoms with Crippen LogP contribution in [0.4, 0.5) is 27.8 Å². The molecule has 0 saturated carbocycles. The zero-order valence-electron chi connectivity index (χ0n) is 28.8. The molecular weight excluding hydrogens is 789 g/mol. The van der Waals surface area contributed by atoms with Crippen molar-refractivity contribution in [2.24, 2.45) is 5.73 Å². The zero-order valence-corrected chi connectivity index (χ0v) is 32.0. The van der Waals surface area contributed by atoms with Gasteiger partial charge in [-0.05, 0) is 80.3 Å². The molecule has 1 aliphatic rings. The maximum atomic E-state index is 14.2. The number of nitrogens with zero attached hydrogens (tertiary/aromatic N) is 4. The minimum atomic E-state index is -4.95. The van der Waals surface area contributed by atoms with Gasteiger partial charge in [0.05, 0.1) is 40.2 Å². The number of anilines is 1. The third-order valence-corrected chi connectivity index (χ3v) is 14.1. The van der Waals surface area contributed by atoms with E-state index in [2.05, 4.69) is 16.9 Å². The average molecular weight is 822 g/mol. The van der Waals surface area contributed by atoms with Crippen LogP contribution in [-0.4, -0.2) is 69.7 Å². The Morgan fingerprint density at radius 1 is 0.962 bits per heavy atom. The van der Waals surface area contributed by atoms with Gasteiger partial charge in [0.25, 0.3) is 0 Å². The van der Waals surface area contributed by atoms with E-state index in [1.54, 1.807) is 0 Å². The van der Waals surface area contributed by atoms with Crippen LogP contribution in [0.15, 0.2) is 30.3 Å². The van der Waals surface area contributed by atoms with E-state index in [4.69, 9.17) is 22.3 Å². The number of benzene rings is 2. The standard InChI is InChI=1S/C33H33ClF5N5O6S3/c1-32(2,51(3,45)46)12-11-26-21-7-6-8-22(21)27(29(41-26)25(40)15-18-13-19(35)16-20(36)14-18)23-9-10-24(34)28-30(23)43(17-33(37,38)39)42-31(28)44(52(4,47)48)53(5,49)50/h9-10,13-14,16,25H,6-8,15,17,40H2,1-5H3/t25-/m1/s1. The lowest BCUT2D eigenvalue weighted by Gasteiger charge is -2.22. The maximum absolute atomic E-state index is 14.2. The molecule has 20 heteroatoms. The quantitative estimate of drug-likeness (QED) is 0.176. The molecule has 4 aromatic rings. The highest BCUT2D eigenvalue weighted by molar-refractivity contribution is 8.09. The summed E-state index contributed by atoms with van der Waals surface area (Å²) in [7, 11) is -13.1. The Hall–Kier alpha value is -3.83. The molecule has 5 rings (SSSR count). The molecule has 2 aromatic carbocycles. The number of alkyl halides is 3. The van der Waals surface area contributed by atoms with Crippen LogP contribution >= 0.6 is 11.6 Å². The molecule has 0 bridgehead atoms. The van der Waals surface area contributed by atoms with Crippen molar-refractivity contribution in [3.63, 3.8) is 0 Å². The van der Waals surface area contributed by atoms with Gasteiger partial charge in [0.2, 0.25) is 20.0 Å². The number of sulfonamides is 2. The molecule has 1 atom stereocenters. The van der Waals surface area contributed by atoms with E-state index in [1.807, 2.05) is 0 Å². The van der Waals surface area contributed by atoms with Crippen LogP contribution < -0.4 is 9.44 Å². The van der Waals surface area contributed by atoms with E-state index in [0.717, 1.165) is 18.4 Å². The summed E-state index contributed by atoms with van der Waals surface area (Å²) >= 11 is 6.52. The normalized spacial score (nSPS) is 14.6. The van der Waals surface area contributed by atoms with E-state index in [1.165, 1.54) is 26.0 Å². The van der Waals surface area contributed by atoms with Crippen molar-refractivity contribution < 1.29 is 47.2 Å². The van der Waals surface area contributed by atoms with Gasteiger partial charge in [-0.3, -0.25) is 4.68 Å². The van der Waals surface area contributed by atoms with Crippen LogP contribution in [0.1, 0.15) is 54.4 Å². The fourth-order valence-electron chi connectivity index (χ4n) is 6.17. The molecular formula is C33H33ClF5N5O6S3. The summed E-state index contributed by atoms with van der Waals surface area (Å²) in [5.74, 6) is 2.88. The van der Waals surface area contributed by atoms with E-state index >= 15 is 0 Å². The summed E-state index contributed by atoms with van der Waals surface area (Å²) in [6.45, 7) is 0.992. The molecule has 2 aromatic heterocycles. The summed E-state index contributed by atoms with van der Waals surface area (Å²) in [6, 6.07) is 4.09. The first kappa shape index (κ1) is 40.4. The molecule has 0 radical (unpaired) electrons. The number of rotatable bonds is 9. The lowest BCUT2D eigenvalue weighted by molar-refractivity contribution is -0.141. The Morgan fingerprint density at radius 2 is 1.55 bits per heavy atom. The third kappa shape index (κ3) is 8.31. The Bertz CT molecular complexity index is 2510. The first-order chi connectivity index (χ1) is 24.2. The van der Waals surface area contributed by atoms with Crippen molar-refractivity contribution in [1.82, 2.24) is 14.8 Å². The second kappa shape index (κ2) is 13.8. The van der Waals surface area contributed by atoms with E-state index in [-0.39, 0.29) is 43.2 Å². The summed E-state index contributed by atoms with van der Waals surface area (Å²) in [5.41, 5.74) is 7.70. The van der Waals surface area contributed by atoms with Crippen LogP contribution in [0.5, 0.6) is 0 Å². The van der Waals surface area contributed by atoms with Crippen LogP contribution in [0, 0.1) is 23.5 Å². The lowest BCUT2D eigenvalue weighted by atomic mass is 9.89. The first-order valence-corrected chi connectivity index (χ1v) is 21.6. The number of nitrogens with two attached hydrogens (primary N) is 1. The smallest absolute Gasteiger partial charge is 0.322 e. The number of aromatic nitrogens is 3. The number of halogens is 6. The van der Waals surface area contributed by atoms with Crippen molar-refractivity contribution >= 4 is 58.2 Å². The Kier molecular flexibility index (Phi) is 10.5. The lowest BCUT2D eigenvalue weighted by Crippen LogP contribution is -2.36. The molecule has 53 heavy (non-hydrogen) atoms. The highest BCUT2D eigenvalue weighted by Crippen LogP contribution is 2.46. The second-order valence-corrected chi connectivity index (χ2v) is 20.2. The fraction of sp³-hybridized carbons (Fsp3) is 0.394. The number of fused-ring (bicyclic) bond motifs is 2. The van der Waals surface area contributed by atoms with Crippen molar-refractivity contribution in [2.75, 3.05) is 22.5 Å². The molecule has 2 N–H and O–H groups in total. The number of hydrogen-bond acceptors (Lipinski definition) is 9. The number of hydrogen-bond donors (Lipinski definition) is 1. The fourth-order valence-corrected chi connectivity index (χ4v) is 9.49. The van der Waals surface area contributed by atoms with E-state index in [9.17, 15) is 47.2 Å². The highest BCUT2D eigenvalue weighted by atomic mass is 35.5. The molecule has 0 spiro atoms. The predicted octanol–water partition coefficient (Wildman–Crippen LogP) is 5.22. The predicted molar refractivity (Wildman–Crippen MR) is 191 cm³/mol. The van der Waals surface area contributed by atoms with Gasteiger partial charge in [-0.2, -0.15) is 18.3 Å². The molecule has 0 saturated heterocycles. The average Bonchev–Trinajstić information content (AvgIpc) is 3.59. The van der Waals surface area contributed by atoms with Gasteiger partial charge < -0.3 is 5.73 Å². The molecule has 0 unspecified atom stereocenters. The summed E-state index contributed by atoms with van der Waals surface area (Å²) in [4.78, 5) is 4.73. The zero-order chi connectivity index (χ0) is 39.6. The van der Waals surface area contributed by atoms with E-state index in [0.29, 0.717) is 53.6 Å². The van der Waals surface area contributed by atoms with Crippen LogP contribution in [0.2, 0.25) is 5.02 Å². The molecule has 0 fully saturated rings. The second-order valence-electron chi connectivity index (χ2n) is 13.3. The SMILES string of the molecule is CC(C)(C#Cc1nc([C@H](N)Cc2cc(F)cc(F)c2)c(-c2ccc(Cl)c3c(N(S(C)(=O)=O)S(C)(=O)=O)nn(CC(F)(F)F)c23)c2c1CCC2)S(C)(=O)=O. The minimum absolute atomic E-state index is 0.00945. The van der Waals surface area contributed by atoms with Crippen molar-refractivity contribution in [3.8, 4) is 23.0 Å². The van der Waals surface area contributed by atoms with Crippen molar-refractivity contribution in [2.45, 2.75) is 63.0 Å². The summed E-state index contributed by atoms with van der Waals surface area (Å²) in [5, 5.41) is 3.10. The van der Waals surface area contributed by atoms with Gasteiger partial charge in [-0.25, -0.2) is 39.0 Å². The Balaban J connectivity index is 1.93. The molecule has 2 heterocycles. The third-order valence-electron chi connectivity index (χ3n) is 8.63. The van der Waals surface area contributed by atoms with Gasteiger partial charge in [-0.1, -0.05) is 23.6 Å². The van der Waals surface area contributed by atoms with Crippen LogP contribution in [0.3, 0.4) is 0 Å². The van der Waals surface area contributed by atoms with Gasteiger partial charge in [0, 0.05) is 23.4 Å². The van der Waals surface area contributed by atoms with Gasteiger partial charge in [-0.15, -0.1) is 3.71 Å². The molecule has 1 aliphatic carbocycles. The topological polar surface area (TPSA) is 162 Å². The summed E-state index contributed by atoms with van der Waals surface area (Å²) in [6.07, 6.45) is -1.94. The van der Waals surface area contributed by atoms with Gasteiger partial charge >= 0.3 is 6.18 Å². The Morgan fingerprint density at radius 3 is 2.09 bits per heavy atom. The van der Waals surface area contributed by atoms with Crippen molar-refractivity contribution in [1.29, 1.82) is 0 Å². The van der Waals surface area contributed by atoms with Crippen LogP contribution in [-0.2, 0) is 55.7 Å². The van der Waals surface area contributed by atoms with Gasteiger partial charge in [0.15, 0.2) is 15.7 Å². The minimum Gasteiger partial charge on any atom is -0.322 e. The summed E-state index contributed by atoms with van der Waals surface area (Å²) < 4.78 is 146. The number of pyridine rings is 1. The monoisotopic (exact) mass is 821 g/mol. The highest BCUT2D eigenvalue weighted by Gasteiger charge is 2.38. The molecule has 0 aliphatic heterocycles. The van der Waals surface area contributed by atoms with Gasteiger partial charge in [0.1, 0.15) is 28.6 Å². The molecule has 11 nitrogen and oxygen atoms in total. The molecule has 0 amide bonds. The van der Waals surface area contributed by atoms with E-state index < -0.39 is 81.7 Å². The maximum Gasteiger partial charge on any atom is 0.408 e. The van der Waals surface area contributed by atoms with Crippen molar-refractivity contribution in [3.05, 3.63) is 75.1 Å². The number of sulfone groups is 1. The largest absolute Gasteiger partial charge is 0.408 e. The molecule has 286 valence electrons. The Labute approximate surface area is 308 Å².